The molecular weight excluding hydrogens is 172 g/mol. The van der Waals surface area contributed by atoms with Crippen LogP contribution in [0.4, 0.5) is 0 Å². The molecular formula is C9H8O2S. The predicted molar refractivity (Wildman–Crippen MR) is 48.1 cm³/mol. The Hall–Kier alpha value is -0.960. The van der Waals surface area contributed by atoms with Crippen LogP contribution >= 0.6 is 11.8 Å². The number of hydrogen-bond acceptors (Lipinski definition) is 3. The van der Waals surface area contributed by atoms with Gasteiger partial charge in [0.15, 0.2) is 0 Å². The van der Waals surface area contributed by atoms with Crippen LogP contribution in [0.5, 0.6) is 0 Å². The van der Waals surface area contributed by atoms with Gasteiger partial charge in [-0.1, -0.05) is 6.08 Å². The van der Waals surface area contributed by atoms with Crippen LogP contribution in [0, 0.1) is 0 Å². The standard InChI is InChI=1S/C9H8O2S/c10-6-7-3-5-12-9(7)8-2-1-4-11-8/h1-4,6,9H,5H2/t9-/m0/s1. The van der Waals surface area contributed by atoms with E-state index in [-0.39, 0.29) is 5.25 Å². The van der Waals surface area contributed by atoms with Crippen LogP contribution in [-0.4, -0.2) is 12.0 Å². The van der Waals surface area contributed by atoms with Crippen LogP contribution < -0.4 is 0 Å². The third kappa shape index (κ3) is 1.20. The lowest BCUT2D eigenvalue weighted by atomic mass is 10.1. The summed E-state index contributed by atoms with van der Waals surface area (Å²) in [5.41, 5.74) is 0.829. The molecule has 0 saturated heterocycles. The van der Waals surface area contributed by atoms with Crippen molar-refractivity contribution >= 4 is 18.0 Å². The van der Waals surface area contributed by atoms with E-state index in [0.717, 1.165) is 23.4 Å². The van der Waals surface area contributed by atoms with Gasteiger partial charge in [0, 0.05) is 11.3 Å². The number of rotatable bonds is 2. The van der Waals surface area contributed by atoms with Crippen LogP contribution in [0.2, 0.25) is 0 Å². The molecule has 2 nitrogen and oxygen atoms in total. The van der Waals surface area contributed by atoms with Gasteiger partial charge in [-0.15, -0.1) is 11.8 Å². The minimum atomic E-state index is 0.123. The van der Waals surface area contributed by atoms with Crippen molar-refractivity contribution in [1.29, 1.82) is 0 Å². The summed E-state index contributed by atoms with van der Waals surface area (Å²) in [6.07, 6.45) is 4.49. The van der Waals surface area contributed by atoms with Gasteiger partial charge < -0.3 is 4.42 Å². The summed E-state index contributed by atoms with van der Waals surface area (Å²) in [5.74, 6) is 1.77. The molecule has 1 aromatic heterocycles. The van der Waals surface area contributed by atoms with Crippen molar-refractivity contribution < 1.29 is 9.21 Å². The second kappa shape index (κ2) is 3.19. The highest BCUT2D eigenvalue weighted by atomic mass is 32.2. The first kappa shape index (κ1) is 7.68. The van der Waals surface area contributed by atoms with Gasteiger partial charge in [0.2, 0.25) is 0 Å². The van der Waals surface area contributed by atoms with E-state index >= 15 is 0 Å². The van der Waals surface area contributed by atoms with Crippen molar-refractivity contribution in [2.24, 2.45) is 0 Å². The second-order valence-corrected chi connectivity index (χ2v) is 3.69. The third-order valence-corrected chi connectivity index (χ3v) is 3.02. The summed E-state index contributed by atoms with van der Waals surface area (Å²) in [6, 6.07) is 3.75. The lowest BCUT2D eigenvalue weighted by Gasteiger charge is -2.05. The molecule has 0 N–H and O–H groups in total. The zero-order chi connectivity index (χ0) is 8.39. The Balaban J connectivity index is 2.26. The van der Waals surface area contributed by atoms with Gasteiger partial charge in [0.25, 0.3) is 0 Å². The topological polar surface area (TPSA) is 30.2 Å². The van der Waals surface area contributed by atoms with E-state index in [0.29, 0.717) is 0 Å². The molecule has 2 rings (SSSR count). The molecule has 1 atom stereocenters. The van der Waals surface area contributed by atoms with Crippen LogP contribution in [-0.2, 0) is 4.79 Å². The highest BCUT2D eigenvalue weighted by Crippen LogP contribution is 2.39. The molecule has 1 aliphatic heterocycles. The van der Waals surface area contributed by atoms with E-state index in [1.54, 1.807) is 18.0 Å². The summed E-state index contributed by atoms with van der Waals surface area (Å²) in [5, 5.41) is 0.123. The molecule has 0 fully saturated rings. The maximum Gasteiger partial charge on any atom is 0.147 e. The van der Waals surface area contributed by atoms with Crippen LogP contribution in [0.15, 0.2) is 34.5 Å². The van der Waals surface area contributed by atoms with Crippen molar-refractivity contribution in [2.45, 2.75) is 5.25 Å². The molecule has 12 heavy (non-hydrogen) atoms. The highest BCUT2D eigenvalue weighted by Gasteiger charge is 2.23. The van der Waals surface area contributed by atoms with Gasteiger partial charge in [0.1, 0.15) is 12.0 Å². The summed E-state index contributed by atoms with van der Waals surface area (Å²) in [6.45, 7) is 0. The van der Waals surface area contributed by atoms with E-state index < -0.39 is 0 Å². The van der Waals surface area contributed by atoms with Crippen LogP contribution in [0.25, 0.3) is 0 Å². The Labute approximate surface area is 74.6 Å². The maximum absolute atomic E-state index is 10.6. The molecule has 3 heteroatoms. The average Bonchev–Trinajstić information content (AvgIpc) is 2.74. The summed E-state index contributed by atoms with van der Waals surface area (Å²) in [4.78, 5) is 10.6. The lowest BCUT2D eigenvalue weighted by molar-refractivity contribution is -0.105. The third-order valence-electron chi connectivity index (χ3n) is 1.82. The van der Waals surface area contributed by atoms with Gasteiger partial charge in [-0.05, 0) is 12.1 Å². The number of hydrogen-bond donors (Lipinski definition) is 0. The predicted octanol–water partition coefficient (Wildman–Crippen LogP) is 2.19. The molecule has 1 aromatic rings. The SMILES string of the molecule is O=CC1=CCS[C@@H]1c1ccco1. The maximum atomic E-state index is 10.6. The molecule has 0 aliphatic carbocycles. The summed E-state index contributed by atoms with van der Waals surface area (Å²) in [7, 11) is 0. The van der Waals surface area contributed by atoms with Gasteiger partial charge in [-0.3, -0.25) is 4.79 Å². The molecule has 0 radical (unpaired) electrons. The molecule has 62 valence electrons. The normalized spacial score (nSPS) is 22.3. The first-order valence-electron chi connectivity index (χ1n) is 3.72. The first-order chi connectivity index (χ1) is 5.92. The number of thioether (sulfide) groups is 1. The van der Waals surface area contributed by atoms with Crippen LogP contribution in [0.3, 0.4) is 0 Å². The molecule has 2 heterocycles. The fourth-order valence-electron chi connectivity index (χ4n) is 1.24. The number of carbonyl (C=O) groups excluding carboxylic acids is 1. The Morgan fingerprint density at radius 1 is 1.67 bits per heavy atom. The average molecular weight is 180 g/mol. The Kier molecular flexibility index (Phi) is 2.04. The number of aldehydes is 1. The molecule has 0 spiro atoms. The zero-order valence-corrected chi connectivity index (χ0v) is 7.21. The first-order valence-corrected chi connectivity index (χ1v) is 4.77. The number of furan rings is 1. The van der Waals surface area contributed by atoms with E-state index in [4.69, 9.17) is 4.42 Å². The van der Waals surface area contributed by atoms with Crippen molar-refractivity contribution in [3.63, 3.8) is 0 Å². The fourth-order valence-corrected chi connectivity index (χ4v) is 2.36. The molecule has 0 saturated carbocycles. The van der Waals surface area contributed by atoms with Gasteiger partial charge in [-0.2, -0.15) is 0 Å². The van der Waals surface area contributed by atoms with Crippen LogP contribution in [0.1, 0.15) is 11.0 Å². The van der Waals surface area contributed by atoms with Crippen molar-refractivity contribution in [3.8, 4) is 0 Å². The second-order valence-electron chi connectivity index (χ2n) is 2.55. The van der Waals surface area contributed by atoms with Crippen molar-refractivity contribution in [1.82, 2.24) is 0 Å². The minimum Gasteiger partial charge on any atom is -0.468 e. The van der Waals surface area contributed by atoms with Crippen molar-refractivity contribution in [3.05, 3.63) is 35.8 Å². The Bertz CT molecular complexity index is 300. The Morgan fingerprint density at radius 2 is 2.58 bits per heavy atom. The van der Waals surface area contributed by atoms with Gasteiger partial charge in [-0.25, -0.2) is 0 Å². The van der Waals surface area contributed by atoms with E-state index in [2.05, 4.69) is 0 Å². The highest BCUT2D eigenvalue weighted by molar-refractivity contribution is 8.00. The number of carbonyl (C=O) groups is 1. The van der Waals surface area contributed by atoms with Crippen molar-refractivity contribution in [2.75, 3.05) is 5.75 Å². The van der Waals surface area contributed by atoms with E-state index in [9.17, 15) is 4.79 Å². The molecule has 0 aromatic carbocycles. The van der Waals surface area contributed by atoms with Gasteiger partial charge in [0.05, 0.1) is 11.5 Å². The minimum absolute atomic E-state index is 0.123. The fraction of sp³-hybridized carbons (Fsp3) is 0.222. The Morgan fingerprint density at radius 3 is 3.25 bits per heavy atom. The smallest absolute Gasteiger partial charge is 0.147 e. The quantitative estimate of drug-likeness (QED) is 0.653. The molecule has 0 amide bonds. The summed E-state index contributed by atoms with van der Waals surface area (Å²) >= 11 is 1.72. The zero-order valence-electron chi connectivity index (χ0n) is 6.40. The monoisotopic (exact) mass is 180 g/mol. The summed E-state index contributed by atoms with van der Waals surface area (Å²) < 4.78 is 5.23. The molecule has 1 aliphatic rings. The van der Waals surface area contributed by atoms with Gasteiger partial charge >= 0.3 is 0 Å². The van der Waals surface area contributed by atoms with E-state index in [1.807, 2.05) is 18.2 Å². The molecule has 0 bridgehead atoms. The lowest BCUT2D eigenvalue weighted by Crippen LogP contribution is -1.92. The largest absolute Gasteiger partial charge is 0.468 e. The van der Waals surface area contributed by atoms with E-state index in [1.165, 1.54) is 0 Å². The molecule has 0 unspecified atom stereocenters.